The maximum absolute atomic E-state index is 12.0. The number of carbonyl (C=O) groups is 1. The van der Waals surface area contributed by atoms with Crippen LogP contribution in [0.3, 0.4) is 0 Å². The molecule has 1 N–H and O–H groups in total. The Morgan fingerprint density at radius 2 is 1.92 bits per heavy atom. The summed E-state index contributed by atoms with van der Waals surface area (Å²) in [6, 6.07) is 12.8. The molecule has 0 radical (unpaired) electrons. The molecule has 2 aromatic rings. The molecule has 1 amide bonds. The zero-order valence-electron chi connectivity index (χ0n) is 14.2. The fraction of sp³-hybridized carbons (Fsp3) is 0.263. The number of hydrazone groups is 1. The number of methoxy groups -OCH3 is 1. The summed E-state index contributed by atoms with van der Waals surface area (Å²) in [4.78, 5) is 12.0. The maximum atomic E-state index is 12.0. The summed E-state index contributed by atoms with van der Waals surface area (Å²) in [6.07, 6.45) is 2.48. The Morgan fingerprint density at radius 1 is 1.17 bits per heavy atom. The van der Waals surface area contributed by atoms with E-state index >= 15 is 0 Å². The number of carbonyl (C=O) groups excluding carboxylic acids is 1. The third kappa shape index (κ3) is 4.84. The van der Waals surface area contributed by atoms with E-state index in [1.807, 2.05) is 44.2 Å². The zero-order chi connectivity index (χ0) is 17.4. The van der Waals surface area contributed by atoms with Gasteiger partial charge in [0, 0.05) is 5.56 Å². The van der Waals surface area contributed by atoms with Crippen LogP contribution in [0, 0.1) is 6.92 Å². The van der Waals surface area contributed by atoms with Crippen molar-refractivity contribution in [3.63, 3.8) is 0 Å². The molecule has 0 aliphatic heterocycles. The van der Waals surface area contributed by atoms with Crippen molar-refractivity contribution in [2.45, 2.75) is 20.3 Å². The van der Waals surface area contributed by atoms with E-state index < -0.39 is 0 Å². The van der Waals surface area contributed by atoms with Crippen LogP contribution < -0.4 is 14.9 Å². The molecule has 126 valence electrons. The van der Waals surface area contributed by atoms with Gasteiger partial charge in [0.25, 0.3) is 5.91 Å². The Balaban J connectivity index is 2.03. The molecule has 0 bridgehead atoms. The number of hydrogen-bond acceptors (Lipinski definition) is 4. The van der Waals surface area contributed by atoms with Crippen LogP contribution in [0.1, 0.15) is 34.8 Å². The minimum atomic E-state index is -0.248. The second kappa shape index (κ2) is 8.72. The summed E-state index contributed by atoms with van der Waals surface area (Å²) in [5.74, 6) is 1.08. The number of hydrogen-bond donors (Lipinski definition) is 1. The minimum absolute atomic E-state index is 0.248. The molecule has 0 saturated carbocycles. The monoisotopic (exact) mass is 326 g/mol. The highest BCUT2D eigenvalue weighted by Crippen LogP contribution is 2.27. The summed E-state index contributed by atoms with van der Waals surface area (Å²) >= 11 is 0. The van der Waals surface area contributed by atoms with Gasteiger partial charge in [0.2, 0.25) is 0 Å². The lowest BCUT2D eigenvalue weighted by molar-refractivity contribution is 0.0955. The van der Waals surface area contributed by atoms with Crippen LogP contribution in [0.25, 0.3) is 0 Å². The lowest BCUT2D eigenvalue weighted by atomic mass is 10.1. The molecule has 0 unspecified atom stereocenters. The molecule has 0 fully saturated rings. The Labute approximate surface area is 142 Å². The average molecular weight is 326 g/mol. The van der Waals surface area contributed by atoms with Crippen molar-refractivity contribution < 1.29 is 14.3 Å². The van der Waals surface area contributed by atoms with Crippen molar-refractivity contribution in [2.24, 2.45) is 5.10 Å². The van der Waals surface area contributed by atoms with E-state index in [2.05, 4.69) is 10.5 Å². The van der Waals surface area contributed by atoms with Crippen LogP contribution in [-0.4, -0.2) is 25.8 Å². The van der Waals surface area contributed by atoms with Gasteiger partial charge in [-0.2, -0.15) is 5.10 Å². The number of aryl methyl sites for hydroxylation is 1. The Hall–Kier alpha value is -2.82. The van der Waals surface area contributed by atoms with Crippen molar-refractivity contribution in [1.29, 1.82) is 0 Å². The van der Waals surface area contributed by atoms with Gasteiger partial charge in [-0.05, 0) is 49.2 Å². The van der Waals surface area contributed by atoms with E-state index in [0.717, 1.165) is 17.5 Å². The number of amides is 1. The molecule has 2 rings (SSSR count). The first-order chi connectivity index (χ1) is 11.6. The number of rotatable bonds is 7. The van der Waals surface area contributed by atoms with Gasteiger partial charge >= 0.3 is 0 Å². The SMILES string of the molecule is CCCOc1cc(/C=N\NC(=O)c2ccc(C)cc2)ccc1OC. The molecule has 0 saturated heterocycles. The van der Waals surface area contributed by atoms with Gasteiger partial charge < -0.3 is 9.47 Å². The molecule has 0 heterocycles. The van der Waals surface area contributed by atoms with Gasteiger partial charge in [-0.3, -0.25) is 4.79 Å². The predicted molar refractivity (Wildman–Crippen MR) is 95.0 cm³/mol. The van der Waals surface area contributed by atoms with E-state index in [0.29, 0.717) is 23.7 Å². The molecule has 5 nitrogen and oxygen atoms in total. The van der Waals surface area contributed by atoms with Crippen molar-refractivity contribution in [1.82, 2.24) is 5.43 Å². The molecule has 24 heavy (non-hydrogen) atoms. The molecule has 0 spiro atoms. The third-order valence-electron chi connectivity index (χ3n) is 3.34. The molecular weight excluding hydrogens is 304 g/mol. The number of benzene rings is 2. The Bertz CT molecular complexity index is 709. The number of nitrogens with zero attached hydrogens (tertiary/aromatic N) is 1. The highest BCUT2D eigenvalue weighted by atomic mass is 16.5. The zero-order valence-corrected chi connectivity index (χ0v) is 14.2. The van der Waals surface area contributed by atoms with Crippen LogP contribution in [0.15, 0.2) is 47.6 Å². The van der Waals surface area contributed by atoms with Crippen molar-refractivity contribution in [3.05, 3.63) is 59.2 Å². The first-order valence-corrected chi connectivity index (χ1v) is 7.85. The van der Waals surface area contributed by atoms with Gasteiger partial charge in [0.05, 0.1) is 19.9 Å². The number of ether oxygens (including phenoxy) is 2. The lowest BCUT2D eigenvalue weighted by Gasteiger charge is -2.10. The van der Waals surface area contributed by atoms with Crippen LogP contribution >= 0.6 is 0 Å². The van der Waals surface area contributed by atoms with E-state index in [-0.39, 0.29) is 5.91 Å². The van der Waals surface area contributed by atoms with Gasteiger partial charge in [-0.25, -0.2) is 5.43 Å². The summed E-state index contributed by atoms with van der Waals surface area (Å²) in [7, 11) is 1.60. The van der Waals surface area contributed by atoms with Gasteiger partial charge in [0.15, 0.2) is 11.5 Å². The van der Waals surface area contributed by atoms with Crippen molar-refractivity contribution >= 4 is 12.1 Å². The van der Waals surface area contributed by atoms with Crippen LogP contribution in [0.2, 0.25) is 0 Å². The first-order valence-electron chi connectivity index (χ1n) is 7.85. The third-order valence-corrected chi connectivity index (χ3v) is 3.34. The smallest absolute Gasteiger partial charge is 0.271 e. The van der Waals surface area contributed by atoms with Gasteiger partial charge in [-0.15, -0.1) is 0 Å². The topological polar surface area (TPSA) is 59.9 Å². The molecule has 0 aliphatic carbocycles. The normalized spacial score (nSPS) is 10.6. The number of nitrogens with one attached hydrogen (secondary N) is 1. The summed E-state index contributed by atoms with van der Waals surface area (Å²) < 4.78 is 10.9. The molecule has 0 atom stereocenters. The molecule has 0 aromatic heterocycles. The fourth-order valence-electron chi connectivity index (χ4n) is 2.03. The van der Waals surface area contributed by atoms with Crippen LogP contribution in [0.4, 0.5) is 0 Å². The van der Waals surface area contributed by atoms with Gasteiger partial charge in [0.1, 0.15) is 0 Å². The van der Waals surface area contributed by atoms with E-state index in [9.17, 15) is 4.79 Å². The summed E-state index contributed by atoms with van der Waals surface area (Å²) in [5.41, 5.74) is 5.00. The molecule has 0 aliphatic rings. The van der Waals surface area contributed by atoms with Crippen molar-refractivity contribution in [2.75, 3.05) is 13.7 Å². The highest BCUT2D eigenvalue weighted by molar-refractivity contribution is 5.94. The Morgan fingerprint density at radius 3 is 2.58 bits per heavy atom. The van der Waals surface area contributed by atoms with E-state index in [1.165, 1.54) is 0 Å². The minimum Gasteiger partial charge on any atom is -0.493 e. The van der Waals surface area contributed by atoms with Crippen molar-refractivity contribution in [3.8, 4) is 11.5 Å². The highest BCUT2D eigenvalue weighted by Gasteiger charge is 2.05. The quantitative estimate of drug-likeness (QED) is 0.625. The molecular formula is C19H22N2O3. The summed E-state index contributed by atoms with van der Waals surface area (Å²) in [6.45, 7) is 4.63. The average Bonchev–Trinajstić information content (AvgIpc) is 2.60. The van der Waals surface area contributed by atoms with Crippen LogP contribution in [0.5, 0.6) is 11.5 Å². The largest absolute Gasteiger partial charge is 0.493 e. The van der Waals surface area contributed by atoms with Crippen LogP contribution in [-0.2, 0) is 0 Å². The Kier molecular flexibility index (Phi) is 6.37. The first kappa shape index (κ1) is 17.5. The summed E-state index contributed by atoms with van der Waals surface area (Å²) in [5, 5.41) is 4.00. The molecule has 5 heteroatoms. The lowest BCUT2D eigenvalue weighted by Crippen LogP contribution is -2.17. The van der Waals surface area contributed by atoms with Gasteiger partial charge in [-0.1, -0.05) is 24.6 Å². The standard InChI is InChI=1S/C19H22N2O3/c1-4-11-24-18-12-15(7-10-17(18)23-3)13-20-21-19(22)16-8-5-14(2)6-9-16/h5-10,12-13H,4,11H2,1-3H3,(H,21,22)/b20-13-. The second-order valence-electron chi connectivity index (χ2n) is 5.32. The maximum Gasteiger partial charge on any atom is 0.271 e. The predicted octanol–water partition coefficient (Wildman–Crippen LogP) is 3.56. The van der Waals surface area contributed by atoms with E-state index in [1.54, 1.807) is 25.5 Å². The second-order valence-corrected chi connectivity index (χ2v) is 5.32. The molecule has 2 aromatic carbocycles. The fourth-order valence-corrected chi connectivity index (χ4v) is 2.03. The van der Waals surface area contributed by atoms with E-state index in [4.69, 9.17) is 9.47 Å².